The molecule has 2 rings (SSSR count). The van der Waals surface area contributed by atoms with Gasteiger partial charge in [-0.2, -0.15) is 0 Å². The van der Waals surface area contributed by atoms with E-state index in [1.165, 1.54) is 12.8 Å². The van der Waals surface area contributed by atoms with Gasteiger partial charge in [0.1, 0.15) is 5.82 Å². The van der Waals surface area contributed by atoms with Crippen LogP contribution in [0.15, 0.2) is 12.4 Å². The van der Waals surface area contributed by atoms with Crippen LogP contribution in [0.3, 0.4) is 0 Å². The largest absolute Gasteiger partial charge is 0.347 e. The monoisotopic (exact) mass is 208 g/mol. The number of imidazole rings is 1. The van der Waals surface area contributed by atoms with Gasteiger partial charge in [-0.05, 0) is 32.6 Å². The Hall–Kier alpha value is -0.870. The minimum Gasteiger partial charge on any atom is -0.347 e. The predicted molar refractivity (Wildman–Crippen MR) is 60.4 cm³/mol. The van der Waals surface area contributed by atoms with Crippen molar-refractivity contribution < 1.29 is 0 Å². The molecule has 1 unspecified atom stereocenters. The first-order chi connectivity index (χ1) is 7.25. The van der Waals surface area contributed by atoms with Crippen LogP contribution < -0.4 is 11.1 Å². The Morgan fingerprint density at radius 2 is 2.20 bits per heavy atom. The van der Waals surface area contributed by atoms with Gasteiger partial charge < -0.3 is 16.0 Å². The van der Waals surface area contributed by atoms with Crippen LogP contribution in [0.25, 0.3) is 0 Å². The first kappa shape index (κ1) is 10.6. The summed E-state index contributed by atoms with van der Waals surface area (Å²) >= 11 is 0. The number of aromatic nitrogens is 2. The Labute approximate surface area is 90.7 Å². The van der Waals surface area contributed by atoms with Crippen molar-refractivity contribution in [2.75, 3.05) is 0 Å². The van der Waals surface area contributed by atoms with Crippen molar-refractivity contribution in [2.24, 2.45) is 5.73 Å². The highest BCUT2D eigenvalue weighted by molar-refractivity contribution is 4.95. The quantitative estimate of drug-likeness (QED) is 0.702. The van der Waals surface area contributed by atoms with E-state index in [1.54, 1.807) is 6.20 Å². The second-order valence-corrected chi connectivity index (χ2v) is 4.47. The van der Waals surface area contributed by atoms with Gasteiger partial charge in [-0.1, -0.05) is 0 Å². The van der Waals surface area contributed by atoms with Crippen LogP contribution in [0.4, 0.5) is 0 Å². The maximum absolute atomic E-state index is 5.88. The van der Waals surface area contributed by atoms with E-state index in [4.69, 9.17) is 5.73 Å². The molecule has 0 aliphatic heterocycles. The van der Waals surface area contributed by atoms with E-state index in [0.717, 1.165) is 18.7 Å². The van der Waals surface area contributed by atoms with Gasteiger partial charge in [0, 0.05) is 24.5 Å². The Morgan fingerprint density at radius 1 is 1.47 bits per heavy atom. The lowest BCUT2D eigenvalue weighted by Crippen LogP contribution is -2.38. The van der Waals surface area contributed by atoms with Crippen LogP contribution in [0.1, 0.15) is 44.5 Å². The zero-order valence-electron chi connectivity index (χ0n) is 9.24. The molecule has 84 valence electrons. The van der Waals surface area contributed by atoms with Crippen molar-refractivity contribution >= 4 is 0 Å². The van der Waals surface area contributed by atoms with Gasteiger partial charge in [0.15, 0.2) is 0 Å². The van der Waals surface area contributed by atoms with E-state index in [0.29, 0.717) is 18.1 Å². The molecule has 0 aromatic carbocycles. The molecule has 4 heteroatoms. The summed E-state index contributed by atoms with van der Waals surface area (Å²) in [6.45, 7) is 2.15. The summed E-state index contributed by atoms with van der Waals surface area (Å²) in [6, 6.07) is 1.33. The second-order valence-electron chi connectivity index (χ2n) is 4.47. The Kier molecular flexibility index (Phi) is 3.38. The smallest absolute Gasteiger partial charge is 0.122 e. The van der Waals surface area contributed by atoms with E-state index in [-0.39, 0.29) is 0 Å². The SMILES string of the molecule is CC(NC1CCC(N)CC1)c1ncc[nH]1. The molecule has 1 fully saturated rings. The number of nitrogens with two attached hydrogens (primary N) is 1. The van der Waals surface area contributed by atoms with Crippen molar-refractivity contribution in [1.29, 1.82) is 0 Å². The highest BCUT2D eigenvalue weighted by atomic mass is 15.0. The van der Waals surface area contributed by atoms with Crippen molar-refractivity contribution in [3.05, 3.63) is 18.2 Å². The van der Waals surface area contributed by atoms with Gasteiger partial charge in [-0.3, -0.25) is 0 Å². The molecule has 4 nitrogen and oxygen atoms in total. The molecule has 1 aliphatic rings. The second kappa shape index (κ2) is 4.77. The highest BCUT2D eigenvalue weighted by Crippen LogP contribution is 2.19. The molecule has 1 saturated carbocycles. The van der Waals surface area contributed by atoms with Crippen LogP contribution in [-0.4, -0.2) is 22.1 Å². The highest BCUT2D eigenvalue weighted by Gasteiger charge is 2.20. The number of H-pyrrole nitrogens is 1. The molecule has 0 bridgehead atoms. The topological polar surface area (TPSA) is 66.7 Å². The number of hydrogen-bond acceptors (Lipinski definition) is 3. The number of hydrogen-bond donors (Lipinski definition) is 3. The summed E-state index contributed by atoms with van der Waals surface area (Å²) in [5.41, 5.74) is 5.88. The molecule has 4 N–H and O–H groups in total. The van der Waals surface area contributed by atoms with Crippen LogP contribution >= 0.6 is 0 Å². The first-order valence-electron chi connectivity index (χ1n) is 5.76. The third-order valence-corrected chi connectivity index (χ3v) is 3.19. The van der Waals surface area contributed by atoms with E-state index in [1.807, 2.05) is 6.20 Å². The zero-order chi connectivity index (χ0) is 10.7. The standard InChI is InChI=1S/C11H20N4/c1-8(11-13-6-7-14-11)15-10-4-2-9(12)3-5-10/h6-10,15H,2-5,12H2,1H3,(H,13,14). The fraction of sp³-hybridized carbons (Fsp3) is 0.727. The first-order valence-corrected chi connectivity index (χ1v) is 5.76. The number of rotatable bonds is 3. The molecule has 15 heavy (non-hydrogen) atoms. The molecule has 1 aromatic heterocycles. The number of nitrogens with one attached hydrogen (secondary N) is 2. The van der Waals surface area contributed by atoms with E-state index in [2.05, 4.69) is 22.2 Å². The molecule has 1 aliphatic carbocycles. The lowest BCUT2D eigenvalue weighted by Gasteiger charge is -2.28. The van der Waals surface area contributed by atoms with Crippen molar-refractivity contribution in [3.8, 4) is 0 Å². The molecule has 0 spiro atoms. The third kappa shape index (κ3) is 2.79. The fourth-order valence-electron chi connectivity index (χ4n) is 2.23. The van der Waals surface area contributed by atoms with Gasteiger partial charge in [0.2, 0.25) is 0 Å². The van der Waals surface area contributed by atoms with E-state index in [9.17, 15) is 0 Å². The summed E-state index contributed by atoms with van der Waals surface area (Å²) < 4.78 is 0. The zero-order valence-corrected chi connectivity index (χ0v) is 9.24. The summed E-state index contributed by atoms with van der Waals surface area (Å²) in [5.74, 6) is 1.02. The minimum absolute atomic E-state index is 0.305. The normalized spacial score (nSPS) is 28.9. The summed E-state index contributed by atoms with van der Waals surface area (Å²) in [5, 5.41) is 3.59. The van der Waals surface area contributed by atoms with Gasteiger partial charge in [0.25, 0.3) is 0 Å². The van der Waals surface area contributed by atoms with Crippen molar-refractivity contribution in [3.63, 3.8) is 0 Å². The van der Waals surface area contributed by atoms with Crippen molar-refractivity contribution in [2.45, 2.75) is 50.7 Å². The van der Waals surface area contributed by atoms with E-state index >= 15 is 0 Å². The molecule has 0 radical (unpaired) electrons. The summed E-state index contributed by atoms with van der Waals surface area (Å²) in [6.07, 6.45) is 8.32. The molecular formula is C11H20N4. The maximum atomic E-state index is 5.88. The van der Waals surface area contributed by atoms with Gasteiger partial charge in [0.05, 0.1) is 6.04 Å². The molecular weight excluding hydrogens is 188 g/mol. The van der Waals surface area contributed by atoms with Gasteiger partial charge in [-0.25, -0.2) is 4.98 Å². The molecule has 1 aromatic rings. The van der Waals surface area contributed by atoms with Crippen LogP contribution in [0.2, 0.25) is 0 Å². The maximum Gasteiger partial charge on any atom is 0.122 e. The van der Waals surface area contributed by atoms with Crippen LogP contribution in [0, 0.1) is 0 Å². The summed E-state index contributed by atoms with van der Waals surface area (Å²) in [4.78, 5) is 7.39. The van der Waals surface area contributed by atoms with Crippen molar-refractivity contribution in [1.82, 2.24) is 15.3 Å². The lowest BCUT2D eigenvalue weighted by molar-refractivity contribution is 0.318. The minimum atomic E-state index is 0.305. The summed E-state index contributed by atoms with van der Waals surface area (Å²) in [7, 11) is 0. The molecule has 0 saturated heterocycles. The number of aromatic amines is 1. The fourth-order valence-corrected chi connectivity index (χ4v) is 2.23. The average Bonchev–Trinajstić information content (AvgIpc) is 2.74. The van der Waals surface area contributed by atoms with Gasteiger partial charge in [-0.15, -0.1) is 0 Å². The molecule has 1 heterocycles. The Morgan fingerprint density at radius 3 is 2.80 bits per heavy atom. The molecule has 1 atom stereocenters. The predicted octanol–water partition coefficient (Wildman–Crippen LogP) is 1.33. The third-order valence-electron chi connectivity index (χ3n) is 3.19. The Bertz CT molecular complexity index is 275. The molecule has 0 amide bonds. The van der Waals surface area contributed by atoms with E-state index < -0.39 is 0 Å². The average molecular weight is 208 g/mol. The lowest BCUT2D eigenvalue weighted by atomic mass is 9.91. The Balaban J connectivity index is 1.82. The number of nitrogens with zero attached hydrogens (tertiary/aromatic N) is 1. The van der Waals surface area contributed by atoms with Crippen LogP contribution in [-0.2, 0) is 0 Å². The van der Waals surface area contributed by atoms with Crippen LogP contribution in [0.5, 0.6) is 0 Å². The van der Waals surface area contributed by atoms with Gasteiger partial charge >= 0.3 is 0 Å².